The van der Waals surface area contributed by atoms with Crippen LogP contribution in [0.25, 0.3) is 0 Å². The van der Waals surface area contributed by atoms with Crippen LogP contribution in [0.4, 0.5) is 5.13 Å². The van der Waals surface area contributed by atoms with Gasteiger partial charge in [-0.25, -0.2) is 23.1 Å². The Hall–Kier alpha value is -1.03. The van der Waals surface area contributed by atoms with Gasteiger partial charge in [0.05, 0.1) is 23.4 Å². The van der Waals surface area contributed by atoms with Gasteiger partial charge in [0.25, 0.3) is 10.0 Å². The number of thiazole rings is 2. The van der Waals surface area contributed by atoms with Gasteiger partial charge in [-0.2, -0.15) is 0 Å². The van der Waals surface area contributed by atoms with Crippen molar-refractivity contribution in [3.8, 4) is 0 Å². The number of nitrogens with two attached hydrogens (primary N) is 1. The van der Waals surface area contributed by atoms with E-state index < -0.39 is 10.0 Å². The van der Waals surface area contributed by atoms with E-state index in [1.54, 1.807) is 17.8 Å². The van der Waals surface area contributed by atoms with E-state index in [2.05, 4.69) is 14.7 Å². The third-order valence-corrected chi connectivity index (χ3v) is 5.57. The first-order valence-electron chi connectivity index (χ1n) is 4.58. The van der Waals surface area contributed by atoms with Crippen molar-refractivity contribution in [2.75, 3.05) is 5.73 Å². The average Bonchev–Trinajstić information content (AvgIpc) is 2.85. The van der Waals surface area contributed by atoms with Gasteiger partial charge in [-0.3, -0.25) is 0 Å². The van der Waals surface area contributed by atoms with Crippen molar-refractivity contribution in [3.63, 3.8) is 0 Å². The van der Waals surface area contributed by atoms with Crippen LogP contribution < -0.4 is 10.5 Å². The van der Waals surface area contributed by atoms with E-state index in [4.69, 9.17) is 5.73 Å². The quantitative estimate of drug-likeness (QED) is 0.874. The van der Waals surface area contributed by atoms with Gasteiger partial charge in [0, 0.05) is 5.38 Å². The number of nitrogens with zero attached hydrogens (tertiary/aromatic N) is 2. The summed E-state index contributed by atoms with van der Waals surface area (Å²) in [5.74, 6) is 0. The third kappa shape index (κ3) is 2.80. The van der Waals surface area contributed by atoms with Gasteiger partial charge in [0.1, 0.15) is 0 Å². The molecule has 0 saturated carbocycles. The Morgan fingerprint density at radius 2 is 2.29 bits per heavy atom. The van der Waals surface area contributed by atoms with E-state index in [0.29, 0.717) is 11.4 Å². The van der Waals surface area contributed by atoms with E-state index in [0.717, 1.165) is 11.3 Å². The maximum atomic E-state index is 11.9. The van der Waals surface area contributed by atoms with Crippen molar-refractivity contribution in [1.29, 1.82) is 0 Å². The van der Waals surface area contributed by atoms with E-state index >= 15 is 0 Å². The first-order valence-corrected chi connectivity index (χ1v) is 7.83. The number of hydrogen-bond acceptors (Lipinski definition) is 7. The molecule has 0 saturated heterocycles. The van der Waals surface area contributed by atoms with Crippen LogP contribution in [0, 0.1) is 6.92 Å². The highest BCUT2D eigenvalue weighted by molar-refractivity contribution is 7.91. The molecule has 0 bridgehead atoms. The average molecular weight is 290 g/mol. The summed E-state index contributed by atoms with van der Waals surface area (Å²) in [4.78, 5) is 7.88. The van der Waals surface area contributed by atoms with Gasteiger partial charge in [-0.05, 0) is 6.92 Å². The summed E-state index contributed by atoms with van der Waals surface area (Å²) < 4.78 is 26.5. The number of nitrogen functional groups attached to an aromatic ring is 1. The number of hydrogen-bond donors (Lipinski definition) is 2. The van der Waals surface area contributed by atoms with Crippen molar-refractivity contribution in [2.24, 2.45) is 0 Å². The molecule has 2 aromatic heterocycles. The molecule has 2 aromatic rings. The molecule has 92 valence electrons. The highest BCUT2D eigenvalue weighted by atomic mass is 32.2. The van der Waals surface area contributed by atoms with Gasteiger partial charge < -0.3 is 5.73 Å². The second kappa shape index (κ2) is 4.69. The van der Waals surface area contributed by atoms with E-state index in [9.17, 15) is 8.42 Å². The topological polar surface area (TPSA) is 98.0 Å². The zero-order valence-electron chi connectivity index (χ0n) is 8.87. The molecule has 17 heavy (non-hydrogen) atoms. The lowest BCUT2D eigenvalue weighted by molar-refractivity contribution is 0.582. The zero-order chi connectivity index (χ0) is 12.5. The van der Waals surface area contributed by atoms with Crippen LogP contribution in [0.3, 0.4) is 0 Å². The van der Waals surface area contributed by atoms with Crippen LogP contribution in [0.1, 0.15) is 11.4 Å². The maximum absolute atomic E-state index is 11.9. The first-order chi connectivity index (χ1) is 7.99. The number of aryl methyl sites for hydroxylation is 1. The summed E-state index contributed by atoms with van der Waals surface area (Å²) in [6.07, 6.45) is 0. The lowest BCUT2D eigenvalue weighted by atomic mass is 10.5. The minimum absolute atomic E-state index is 0.158. The minimum Gasteiger partial charge on any atom is -0.375 e. The standard InChI is InChI=1S/C8H10N4O2S3/c1-5-7(16-8(9)12-5)17(13,14)11-2-6-3-15-4-10-6/h3-4,11H,2H2,1H3,(H2,9,12). The Morgan fingerprint density at radius 1 is 1.53 bits per heavy atom. The SMILES string of the molecule is Cc1nc(N)sc1S(=O)(=O)NCc1cscn1. The second-order valence-electron chi connectivity index (χ2n) is 3.23. The Morgan fingerprint density at radius 3 is 2.82 bits per heavy atom. The van der Waals surface area contributed by atoms with E-state index in [1.165, 1.54) is 11.3 Å². The summed E-state index contributed by atoms with van der Waals surface area (Å²) in [6, 6.07) is 0. The minimum atomic E-state index is -3.56. The van der Waals surface area contributed by atoms with Gasteiger partial charge in [-0.15, -0.1) is 11.3 Å². The van der Waals surface area contributed by atoms with Crippen molar-refractivity contribution in [3.05, 3.63) is 22.3 Å². The fourth-order valence-electron chi connectivity index (χ4n) is 1.21. The predicted octanol–water partition coefficient (Wildman–Crippen LogP) is 0.969. The molecule has 2 rings (SSSR count). The normalized spacial score (nSPS) is 11.8. The summed E-state index contributed by atoms with van der Waals surface area (Å²) in [5, 5.41) is 2.03. The maximum Gasteiger partial charge on any atom is 0.252 e. The van der Waals surface area contributed by atoms with Crippen molar-refractivity contribution < 1.29 is 8.42 Å². The molecule has 0 aliphatic carbocycles. The molecule has 0 spiro atoms. The van der Waals surface area contributed by atoms with Crippen LogP contribution in [0.15, 0.2) is 15.1 Å². The number of aromatic nitrogens is 2. The Balaban J connectivity index is 2.17. The summed E-state index contributed by atoms with van der Waals surface area (Å²) in [5.41, 5.74) is 8.23. The molecule has 0 radical (unpaired) electrons. The highest BCUT2D eigenvalue weighted by Gasteiger charge is 2.20. The van der Waals surface area contributed by atoms with Gasteiger partial charge >= 0.3 is 0 Å². The van der Waals surface area contributed by atoms with Crippen LogP contribution in [0.2, 0.25) is 0 Å². The van der Waals surface area contributed by atoms with Crippen molar-refractivity contribution >= 4 is 37.8 Å². The molecule has 0 aromatic carbocycles. The molecule has 3 N–H and O–H groups in total. The number of anilines is 1. The summed E-state index contributed by atoms with van der Waals surface area (Å²) in [6.45, 7) is 1.79. The molecule has 0 atom stereocenters. The largest absolute Gasteiger partial charge is 0.375 e. The van der Waals surface area contributed by atoms with Crippen LogP contribution in [-0.2, 0) is 16.6 Å². The van der Waals surface area contributed by atoms with Crippen LogP contribution >= 0.6 is 22.7 Å². The van der Waals surface area contributed by atoms with E-state index in [1.807, 2.05) is 0 Å². The molecule has 0 aliphatic rings. The molecular weight excluding hydrogens is 280 g/mol. The fourth-order valence-corrected chi connectivity index (χ4v) is 4.11. The monoisotopic (exact) mass is 290 g/mol. The number of rotatable bonds is 4. The lowest BCUT2D eigenvalue weighted by Crippen LogP contribution is -2.23. The van der Waals surface area contributed by atoms with Crippen LogP contribution in [-0.4, -0.2) is 18.4 Å². The zero-order valence-corrected chi connectivity index (χ0v) is 11.3. The van der Waals surface area contributed by atoms with Gasteiger partial charge in [-0.1, -0.05) is 11.3 Å². The first kappa shape index (κ1) is 12.4. The molecule has 2 heterocycles. The molecule has 0 fully saturated rings. The Kier molecular flexibility index (Phi) is 3.43. The second-order valence-corrected chi connectivity index (χ2v) is 6.94. The third-order valence-electron chi connectivity index (χ3n) is 1.94. The van der Waals surface area contributed by atoms with Crippen LogP contribution in [0.5, 0.6) is 0 Å². The molecular formula is C8H10N4O2S3. The molecule has 0 unspecified atom stereocenters. The number of sulfonamides is 1. The van der Waals surface area contributed by atoms with Crippen molar-refractivity contribution in [1.82, 2.24) is 14.7 Å². The lowest BCUT2D eigenvalue weighted by Gasteiger charge is -2.02. The summed E-state index contributed by atoms with van der Waals surface area (Å²) >= 11 is 2.37. The number of nitrogens with one attached hydrogen (secondary N) is 1. The van der Waals surface area contributed by atoms with Gasteiger partial charge in [0.2, 0.25) is 0 Å². The van der Waals surface area contributed by atoms with E-state index in [-0.39, 0.29) is 15.9 Å². The molecule has 9 heteroatoms. The smallest absolute Gasteiger partial charge is 0.252 e. The van der Waals surface area contributed by atoms with Crippen molar-refractivity contribution in [2.45, 2.75) is 17.7 Å². The predicted molar refractivity (Wildman–Crippen MR) is 67.4 cm³/mol. The summed E-state index contributed by atoms with van der Waals surface area (Å²) in [7, 11) is -3.56. The molecule has 0 aliphatic heterocycles. The van der Waals surface area contributed by atoms with Gasteiger partial charge in [0.15, 0.2) is 9.34 Å². The Labute approximate surface area is 107 Å². The molecule has 6 nitrogen and oxygen atoms in total. The molecule has 0 amide bonds. The Bertz CT molecular complexity index is 603. The highest BCUT2D eigenvalue weighted by Crippen LogP contribution is 2.24. The fraction of sp³-hybridized carbons (Fsp3) is 0.250.